The Bertz CT molecular complexity index is 1650. The minimum Gasteiger partial charge on any atom is -0.496 e. The Morgan fingerprint density at radius 3 is 2.36 bits per heavy atom. The van der Waals surface area contributed by atoms with E-state index in [0.717, 1.165) is 44.1 Å². The highest BCUT2D eigenvalue weighted by molar-refractivity contribution is 6.13. The predicted molar refractivity (Wildman–Crippen MR) is 144 cm³/mol. The minimum absolute atomic E-state index is 0.161. The first kappa shape index (κ1) is 23.1. The molecule has 0 radical (unpaired) electrons. The second-order valence-electron chi connectivity index (χ2n) is 8.86. The van der Waals surface area contributed by atoms with E-state index < -0.39 is 5.91 Å². The number of nitrogens with two attached hydrogens (primary N) is 1. The van der Waals surface area contributed by atoms with Gasteiger partial charge in [-0.1, -0.05) is 30.3 Å². The van der Waals surface area contributed by atoms with Gasteiger partial charge < -0.3 is 15.8 Å². The quantitative estimate of drug-likeness (QED) is 0.324. The average molecular weight is 476 g/mol. The molecule has 4 aromatic carbocycles. The summed E-state index contributed by atoms with van der Waals surface area (Å²) >= 11 is 0. The van der Waals surface area contributed by atoms with Crippen LogP contribution in [0.2, 0.25) is 0 Å². The molecule has 0 atom stereocenters. The van der Waals surface area contributed by atoms with Crippen molar-refractivity contribution in [3.8, 4) is 16.9 Å². The fraction of sp³-hybridized carbons (Fsp3) is 0.100. The molecule has 5 aromatic rings. The largest absolute Gasteiger partial charge is 0.496 e. The summed E-state index contributed by atoms with van der Waals surface area (Å²) in [5, 5.41) is 5.59. The summed E-state index contributed by atoms with van der Waals surface area (Å²) < 4.78 is 5.33. The lowest BCUT2D eigenvalue weighted by Gasteiger charge is -2.13. The van der Waals surface area contributed by atoms with Crippen molar-refractivity contribution in [1.82, 2.24) is 4.98 Å². The van der Waals surface area contributed by atoms with Crippen LogP contribution in [0.5, 0.6) is 5.75 Å². The number of carbonyl (C=O) groups excluding carboxylic acids is 2. The van der Waals surface area contributed by atoms with Crippen LogP contribution in [-0.2, 0) is 0 Å². The van der Waals surface area contributed by atoms with Crippen molar-refractivity contribution in [1.29, 1.82) is 0 Å². The number of amides is 2. The molecular formula is C30H25N3O3. The number of hydrogen-bond donors (Lipinski definition) is 2. The smallest absolute Gasteiger partial charge is 0.256 e. The fourth-order valence-electron chi connectivity index (χ4n) is 4.68. The van der Waals surface area contributed by atoms with Crippen LogP contribution in [0.25, 0.3) is 32.8 Å². The van der Waals surface area contributed by atoms with Gasteiger partial charge in [0, 0.05) is 28.9 Å². The van der Waals surface area contributed by atoms with Gasteiger partial charge >= 0.3 is 0 Å². The van der Waals surface area contributed by atoms with Crippen LogP contribution in [-0.4, -0.2) is 23.9 Å². The molecule has 0 unspecified atom stereocenters. The van der Waals surface area contributed by atoms with Crippen molar-refractivity contribution in [2.75, 3.05) is 12.4 Å². The molecule has 6 heteroatoms. The Morgan fingerprint density at radius 2 is 1.64 bits per heavy atom. The molecule has 3 N–H and O–H groups in total. The van der Waals surface area contributed by atoms with E-state index in [0.29, 0.717) is 22.4 Å². The van der Waals surface area contributed by atoms with E-state index >= 15 is 0 Å². The number of primary amides is 1. The molecule has 178 valence electrons. The summed E-state index contributed by atoms with van der Waals surface area (Å²) in [6, 6.07) is 23.0. The maximum atomic E-state index is 13.2. The summed E-state index contributed by atoms with van der Waals surface area (Å²) in [7, 11) is 1.49. The SMILES string of the molecule is COc1cc2nccc(-c3ccc4c(C(=O)Nc5cc(C)cc(C)c5)cccc4c3)c2cc1C(N)=O. The second-order valence-corrected chi connectivity index (χ2v) is 8.86. The number of anilines is 1. The first-order chi connectivity index (χ1) is 17.3. The van der Waals surface area contributed by atoms with Gasteiger partial charge in [-0.15, -0.1) is 0 Å². The van der Waals surface area contributed by atoms with Crippen molar-refractivity contribution >= 4 is 39.2 Å². The lowest BCUT2D eigenvalue weighted by molar-refractivity contribution is 0.0995. The van der Waals surface area contributed by atoms with Gasteiger partial charge in [-0.05, 0) is 83.3 Å². The van der Waals surface area contributed by atoms with Crippen LogP contribution >= 0.6 is 0 Å². The van der Waals surface area contributed by atoms with Crippen LogP contribution in [0.1, 0.15) is 31.8 Å². The number of pyridine rings is 1. The molecule has 2 amide bonds. The minimum atomic E-state index is -0.568. The monoisotopic (exact) mass is 475 g/mol. The van der Waals surface area contributed by atoms with E-state index in [1.54, 1.807) is 18.3 Å². The standard InChI is InChI=1S/C30H25N3O3/c1-17-11-18(2)13-21(12-17)33-30(35)24-6-4-5-19-14-20(7-8-22(19)24)23-9-10-32-27-16-28(36-3)26(29(31)34)15-25(23)27/h4-16H,1-3H3,(H2,31,34)(H,33,35). The van der Waals surface area contributed by atoms with Gasteiger partial charge in [0.2, 0.25) is 0 Å². The van der Waals surface area contributed by atoms with Crippen LogP contribution < -0.4 is 15.8 Å². The summed E-state index contributed by atoms with van der Waals surface area (Å²) in [6.45, 7) is 4.01. The van der Waals surface area contributed by atoms with Gasteiger partial charge in [0.05, 0.1) is 18.2 Å². The summed E-state index contributed by atoms with van der Waals surface area (Å²) in [6.07, 6.45) is 1.72. The molecule has 1 heterocycles. The number of hydrogen-bond acceptors (Lipinski definition) is 4. The van der Waals surface area contributed by atoms with E-state index in [1.807, 2.05) is 68.4 Å². The zero-order chi connectivity index (χ0) is 25.4. The molecule has 0 fully saturated rings. The molecule has 0 aliphatic heterocycles. The Morgan fingerprint density at radius 1 is 0.861 bits per heavy atom. The van der Waals surface area contributed by atoms with Gasteiger partial charge in [-0.3, -0.25) is 14.6 Å². The van der Waals surface area contributed by atoms with Gasteiger partial charge in [-0.2, -0.15) is 0 Å². The number of aryl methyl sites for hydroxylation is 2. The summed E-state index contributed by atoms with van der Waals surface area (Å²) in [5.74, 6) is -0.343. The average Bonchev–Trinajstić information content (AvgIpc) is 2.86. The molecule has 1 aromatic heterocycles. The number of benzene rings is 4. The number of nitrogens with one attached hydrogen (secondary N) is 1. The van der Waals surface area contributed by atoms with Crippen molar-refractivity contribution in [3.63, 3.8) is 0 Å². The van der Waals surface area contributed by atoms with Crippen molar-refractivity contribution in [2.45, 2.75) is 13.8 Å². The zero-order valence-electron chi connectivity index (χ0n) is 20.3. The normalized spacial score (nSPS) is 11.0. The second kappa shape index (κ2) is 9.15. The molecule has 0 aliphatic carbocycles. The molecule has 0 bridgehead atoms. The third kappa shape index (κ3) is 4.25. The Kier molecular flexibility index (Phi) is 5.86. The number of methoxy groups -OCH3 is 1. The van der Waals surface area contributed by atoms with Crippen molar-refractivity contribution < 1.29 is 14.3 Å². The van der Waals surface area contributed by atoms with Gasteiger partial charge in [0.1, 0.15) is 5.75 Å². The molecular weight excluding hydrogens is 450 g/mol. The summed E-state index contributed by atoms with van der Waals surface area (Å²) in [5.41, 5.74) is 12.0. The van der Waals surface area contributed by atoms with E-state index in [2.05, 4.69) is 16.4 Å². The van der Waals surface area contributed by atoms with Crippen LogP contribution in [0.15, 0.2) is 79.0 Å². The fourth-order valence-corrected chi connectivity index (χ4v) is 4.68. The van der Waals surface area contributed by atoms with E-state index in [-0.39, 0.29) is 5.91 Å². The number of nitrogens with zero attached hydrogens (tertiary/aromatic N) is 1. The highest BCUT2D eigenvalue weighted by Crippen LogP contribution is 2.34. The summed E-state index contributed by atoms with van der Waals surface area (Å²) in [4.78, 5) is 29.6. The molecule has 6 nitrogen and oxygen atoms in total. The van der Waals surface area contributed by atoms with Crippen LogP contribution in [0.4, 0.5) is 5.69 Å². The third-order valence-corrected chi connectivity index (χ3v) is 6.24. The Balaban J connectivity index is 1.58. The van der Waals surface area contributed by atoms with E-state index in [4.69, 9.17) is 10.5 Å². The van der Waals surface area contributed by atoms with Crippen molar-refractivity contribution in [2.24, 2.45) is 5.73 Å². The highest BCUT2D eigenvalue weighted by atomic mass is 16.5. The van der Waals surface area contributed by atoms with Gasteiger partial charge in [0.25, 0.3) is 11.8 Å². The molecule has 0 aliphatic rings. The maximum Gasteiger partial charge on any atom is 0.256 e. The van der Waals surface area contributed by atoms with E-state index in [1.165, 1.54) is 7.11 Å². The first-order valence-corrected chi connectivity index (χ1v) is 11.5. The number of carbonyl (C=O) groups is 2. The van der Waals surface area contributed by atoms with Crippen molar-refractivity contribution in [3.05, 3.63) is 101 Å². The van der Waals surface area contributed by atoms with Crippen LogP contribution in [0.3, 0.4) is 0 Å². The topological polar surface area (TPSA) is 94.3 Å². The van der Waals surface area contributed by atoms with E-state index in [9.17, 15) is 9.59 Å². The lowest BCUT2D eigenvalue weighted by Crippen LogP contribution is -2.12. The number of fused-ring (bicyclic) bond motifs is 2. The first-order valence-electron chi connectivity index (χ1n) is 11.5. The highest BCUT2D eigenvalue weighted by Gasteiger charge is 2.16. The molecule has 0 saturated heterocycles. The van der Waals surface area contributed by atoms with Gasteiger partial charge in [-0.25, -0.2) is 0 Å². The molecule has 36 heavy (non-hydrogen) atoms. The lowest BCUT2D eigenvalue weighted by atomic mass is 9.95. The van der Waals surface area contributed by atoms with Gasteiger partial charge in [0.15, 0.2) is 0 Å². The number of rotatable bonds is 5. The molecule has 5 rings (SSSR count). The third-order valence-electron chi connectivity index (χ3n) is 6.24. The Labute approximate surface area is 208 Å². The zero-order valence-corrected chi connectivity index (χ0v) is 20.3. The Hall–Kier alpha value is -4.71. The number of aromatic nitrogens is 1. The predicted octanol–water partition coefficient (Wildman–Crippen LogP) is 6.03. The molecule has 0 spiro atoms. The maximum absolute atomic E-state index is 13.2. The number of ether oxygens (including phenoxy) is 1. The van der Waals surface area contributed by atoms with Crippen LogP contribution in [0, 0.1) is 13.8 Å². The molecule has 0 saturated carbocycles.